The number of benzene rings is 2. The number of rotatable bonds is 2. The Hall–Kier alpha value is -2.70. The SMILES string of the molecule is O=C(c1ccc(-c2ccc3nc[nH]c3c2)cc1)N1CC[C@@]2(O)CCNC[C@H]2C1. The molecule has 0 spiro atoms. The van der Waals surface area contributed by atoms with Crippen LogP contribution in [0.15, 0.2) is 48.8 Å². The van der Waals surface area contributed by atoms with Gasteiger partial charge in [-0.2, -0.15) is 0 Å². The second kappa shape index (κ2) is 6.72. The highest BCUT2D eigenvalue weighted by atomic mass is 16.3. The zero-order valence-corrected chi connectivity index (χ0v) is 15.7. The number of nitrogens with zero attached hydrogens (tertiary/aromatic N) is 2. The molecule has 6 heteroatoms. The van der Waals surface area contributed by atoms with Crippen molar-refractivity contribution < 1.29 is 9.90 Å². The fourth-order valence-electron chi connectivity index (χ4n) is 4.51. The van der Waals surface area contributed by atoms with Crippen molar-refractivity contribution in [1.82, 2.24) is 20.2 Å². The van der Waals surface area contributed by atoms with Gasteiger partial charge in [-0.1, -0.05) is 18.2 Å². The summed E-state index contributed by atoms with van der Waals surface area (Å²) in [6.07, 6.45) is 3.13. The summed E-state index contributed by atoms with van der Waals surface area (Å²) in [6.45, 7) is 2.85. The Morgan fingerprint density at radius 3 is 2.82 bits per heavy atom. The number of fused-ring (bicyclic) bond motifs is 2. The first-order valence-corrected chi connectivity index (χ1v) is 9.88. The van der Waals surface area contributed by atoms with E-state index in [9.17, 15) is 9.90 Å². The molecule has 1 aromatic heterocycles. The third kappa shape index (κ3) is 2.99. The zero-order valence-electron chi connectivity index (χ0n) is 15.7. The molecule has 2 aromatic carbocycles. The summed E-state index contributed by atoms with van der Waals surface area (Å²) >= 11 is 0. The summed E-state index contributed by atoms with van der Waals surface area (Å²) in [5.74, 6) is 0.155. The fraction of sp³-hybridized carbons (Fsp3) is 0.364. The van der Waals surface area contributed by atoms with E-state index in [0.29, 0.717) is 25.1 Å². The van der Waals surface area contributed by atoms with Gasteiger partial charge in [0, 0.05) is 31.1 Å². The van der Waals surface area contributed by atoms with Crippen LogP contribution < -0.4 is 5.32 Å². The highest BCUT2D eigenvalue weighted by Crippen LogP contribution is 2.33. The van der Waals surface area contributed by atoms with Crippen LogP contribution in [-0.2, 0) is 0 Å². The topological polar surface area (TPSA) is 81.2 Å². The fourth-order valence-corrected chi connectivity index (χ4v) is 4.51. The Labute approximate surface area is 163 Å². The van der Waals surface area contributed by atoms with Gasteiger partial charge in [-0.25, -0.2) is 4.98 Å². The number of aromatic amines is 1. The van der Waals surface area contributed by atoms with Gasteiger partial charge in [0.2, 0.25) is 0 Å². The summed E-state index contributed by atoms with van der Waals surface area (Å²) in [7, 11) is 0. The van der Waals surface area contributed by atoms with Crippen LogP contribution in [0, 0.1) is 5.92 Å². The molecule has 1 amide bonds. The highest BCUT2D eigenvalue weighted by molar-refractivity contribution is 5.95. The first-order valence-electron chi connectivity index (χ1n) is 9.88. The summed E-state index contributed by atoms with van der Waals surface area (Å²) in [6, 6.07) is 13.9. The number of hydrogen-bond donors (Lipinski definition) is 3. The number of hydrogen-bond acceptors (Lipinski definition) is 4. The van der Waals surface area contributed by atoms with Crippen LogP contribution in [0.25, 0.3) is 22.2 Å². The molecule has 2 fully saturated rings. The van der Waals surface area contributed by atoms with E-state index in [1.165, 1.54) is 0 Å². The van der Waals surface area contributed by atoms with Crippen LogP contribution in [0.4, 0.5) is 0 Å². The average Bonchev–Trinajstić information content (AvgIpc) is 3.20. The number of likely N-dealkylation sites (tertiary alicyclic amines) is 1. The third-order valence-electron chi connectivity index (χ3n) is 6.31. The maximum Gasteiger partial charge on any atom is 0.253 e. The molecule has 3 heterocycles. The summed E-state index contributed by atoms with van der Waals surface area (Å²) in [5, 5.41) is 14.1. The molecule has 2 saturated heterocycles. The van der Waals surface area contributed by atoms with Crippen molar-refractivity contribution >= 4 is 16.9 Å². The number of piperidine rings is 2. The minimum Gasteiger partial charge on any atom is -0.389 e. The maximum atomic E-state index is 13.0. The van der Waals surface area contributed by atoms with Crippen molar-refractivity contribution in [3.8, 4) is 11.1 Å². The molecule has 0 saturated carbocycles. The highest BCUT2D eigenvalue weighted by Gasteiger charge is 2.43. The Morgan fingerprint density at radius 2 is 1.96 bits per heavy atom. The first-order chi connectivity index (χ1) is 13.6. The van der Waals surface area contributed by atoms with Gasteiger partial charge < -0.3 is 20.3 Å². The Balaban J connectivity index is 1.33. The van der Waals surface area contributed by atoms with Crippen molar-refractivity contribution in [2.24, 2.45) is 5.92 Å². The van der Waals surface area contributed by atoms with Crippen molar-refractivity contribution in [3.05, 3.63) is 54.4 Å². The Morgan fingerprint density at radius 1 is 1.14 bits per heavy atom. The molecule has 5 rings (SSSR count). The Kier molecular flexibility index (Phi) is 4.18. The standard InChI is InChI=1S/C22H24N4O2/c27-21(26-10-8-22(28)7-9-23-12-18(22)13-26)16-3-1-15(2-4-16)17-5-6-19-20(11-17)25-14-24-19/h1-6,11,14,18,23,28H,7-10,12-13H2,(H,24,25)/t18-,22-/m0/s1. The molecule has 28 heavy (non-hydrogen) atoms. The second-order valence-corrected chi connectivity index (χ2v) is 7.97. The van der Waals surface area contributed by atoms with E-state index in [1.807, 2.05) is 41.3 Å². The third-order valence-corrected chi connectivity index (χ3v) is 6.31. The van der Waals surface area contributed by atoms with E-state index < -0.39 is 5.60 Å². The first kappa shape index (κ1) is 17.4. The van der Waals surface area contributed by atoms with E-state index in [-0.39, 0.29) is 11.8 Å². The molecule has 0 bridgehead atoms. The number of H-pyrrole nitrogens is 1. The molecule has 3 aromatic rings. The van der Waals surface area contributed by atoms with Crippen molar-refractivity contribution in [1.29, 1.82) is 0 Å². The van der Waals surface area contributed by atoms with Gasteiger partial charge >= 0.3 is 0 Å². The van der Waals surface area contributed by atoms with Crippen LogP contribution in [0.2, 0.25) is 0 Å². The molecule has 144 valence electrons. The van der Waals surface area contributed by atoms with Crippen molar-refractivity contribution in [2.75, 3.05) is 26.2 Å². The van der Waals surface area contributed by atoms with Gasteiger partial charge in [0.05, 0.1) is 23.0 Å². The molecular formula is C22H24N4O2. The number of carbonyl (C=O) groups is 1. The monoisotopic (exact) mass is 376 g/mol. The predicted molar refractivity (Wildman–Crippen MR) is 108 cm³/mol. The summed E-state index contributed by atoms with van der Waals surface area (Å²) in [5.41, 5.74) is 4.18. The molecule has 2 aliphatic heterocycles. The van der Waals surface area contributed by atoms with Gasteiger partial charge in [-0.15, -0.1) is 0 Å². The number of imidazole rings is 1. The van der Waals surface area contributed by atoms with Crippen molar-refractivity contribution in [3.63, 3.8) is 0 Å². The summed E-state index contributed by atoms with van der Waals surface area (Å²) in [4.78, 5) is 22.2. The lowest BCUT2D eigenvalue weighted by Gasteiger charge is -2.47. The van der Waals surface area contributed by atoms with Gasteiger partial charge in [0.25, 0.3) is 5.91 Å². The lowest BCUT2D eigenvalue weighted by Crippen LogP contribution is -2.59. The number of carbonyl (C=O) groups excluding carboxylic acids is 1. The Bertz CT molecular complexity index is 1010. The van der Waals surface area contributed by atoms with E-state index >= 15 is 0 Å². The largest absolute Gasteiger partial charge is 0.389 e. The van der Waals surface area contributed by atoms with E-state index in [0.717, 1.165) is 41.7 Å². The maximum absolute atomic E-state index is 13.0. The lowest BCUT2D eigenvalue weighted by atomic mass is 9.76. The smallest absolute Gasteiger partial charge is 0.253 e. The molecule has 2 aliphatic rings. The van der Waals surface area contributed by atoms with Crippen LogP contribution >= 0.6 is 0 Å². The van der Waals surface area contributed by atoms with Gasteiger partial charge in [-0.3, -0.25) is 4.79 Å². The number of aromatic nitrogens is 2. The average molecular weight is 376 g/mol. The van der Waals surface area contributed by atoms with Crippen LogP contribution in [0.3, 0.4) is 0 Å². The minimum atomic E-state index is -0.614. The zero-order chi connectivity index (χ0) is 19.1. The van der Waals surface area contributed by atoms with Gasteiger partial charge in [0.1, 0.15) is 0 Å². The molecule has 0 aliphatic carbocycles. The molecule has 2 atom stereocenters. The van der Waals surface area contributed by atoms with Crippen LogP contribution in [0.5, 0.6) is 0 Å². The molecule has 0 radical (unpaired) electrons. The van der Waals surface area contributed by atoms with E-state index in [1.54, 1.807) is 6.33 Å². The predicted octanol–water partition coefficient (Wildman–Crippen LogP) is 2.42. The van der Waals surface area contributed by atoms with E-state index in [2.05, 4.69) is 21.4 Å². The molecule has 3 N–H and O–H groups in total. The van der Waals surface area contributed by atoms with Crippen LogP contribution in [-0.4, -0.2) is 57.7 Å². The summed E-state index contributed by atoms with van der Waals surface area (Å²) < 4.78 is 0. The molecule has 6 nitrogen and oxygen atoms in total. The number of aliphatic hydroxyl groups is 1. The second-order valence-electron chi connectivity index (χ2n) is 7.97. The number of amides is 1. The van der Waals surface area contributed by atoms with Crippen molar-refractivity contribution in [2.45, 2.75) is 18.4 Å². The number of nitrogens with one attached hydrogen (secondary N) is 2. The minimum absolute atomic E-state index is 0.0446. The van der Waals surface area contributed by atoms with Gasteiger partial charge in [0.15, 0.2) is 0 Å². The van der Waals surface area contributed by atoms with Gasteiger partial charge in [-0.05, 0) is 54.8 Å². The quantitative estimate of drug-likeness (QED) is 0.642. The van der Waals surface area contributed by atoms with E-state index in [4.69, 9.17) is 0 Å². The molecule has 0 unspecified atom stereocenters. The lowest BCUT2D eigenvalue weighted by molar-refractivity contribution is -0.0817. The molecular weight excluding hydrogens is 352 g/mol. The normalized spacial score (nSPS) is 24.9. The van der Waals surface area contributed by atoms with Crippen LogP contribution in [0.1, 0.15) is 23.2 Å².